The highest BCUT2D eigenvalue weighted by molar-refractivity contribution is 5.73. The van der Waals surface area contributed by atoms with E-state index in [0.717, 1.165) is 37.7 Å². The minimum Gasteiger partial charge on any atom is -0.370 e. The van der Waals surface area contributed by atoms with Crippen LogP contribution in [0.2, 0.25) is 0 Å². The quantitative estimate of drug-likeness (QED) is 0.437. The molecule has 0 unspecified atom stereocenters. The summed E-state index contributed by atoms with van der Waals surface area (Å²) in [5.74, 6) is -0.245. The Bertz CT molecular complexity index is 401. The average molecular weight is 250 g/mol. The van der Waals surface area contributed by atoms with Crippen molar-refractivity contribution in [1.82, 2.24) is 0 Å². The number of non-ortho nitro benzene ring substituents is 1. The van der Waals surface area contributed by atoms with E-state index in [9.17, 15) is 14.9 Å². The number of carbonyl (C=O) groups is 1. The van der Waals surface area contributed by atoms with Gasteiger partial charge < -0.3 is 5.73 Å². The number of hydrogen-bond donors (Lipinski definition) is 1. The number of nitro groups is 1. The average Bonchev–Trinajstić information content (AvgIpc) is 2.34. The first-order valence-electron chi connectivity index (χ1n) is 6.11. The molecular weight excluding hydrogens is 232 g/mol. The van der Waals surface area contributed by atoms with Crippen LogP contribution in [0.4, 0.5) is 5.69 Å². The summed E-state index contributed by atoms with van der Waals surface area (Å²) in [6.45, 7) is 0. The number of primary amides is 1. The van der Waals surface area contributed by atoms with Crippen LogP contribution in [0.1, 0.15) is 37.7 Å². The highest BCUT2D eigenvalue weighted by Crippen LogP contribution is 2.14. The third-order valence-corrected chi connectivity index (χ3v) is 2.79. The second-order valence-corrected chi connectivity index (χ2v) is 4.30. The molecule has 1 aromatic carbocycles. The molecule has 0 bridgehead atoms. The van der Waals surface area contributed by atoms with Gasteiger partial charge in [0.2, 0.25) is 5.91 Å². The van der Waals surface area contributed by atoms with Gasteiger partial charge in [-0.1, -0.05) is 25.0 Å². The van der Waals surface area contributed by atoms with Gasteiger partial charge in [-0.3, -0.25) is 14.9 Å². The van der Waals surface area contributed by atoms with Crippen LogP contribution >= 0.6 is 0 Å². The molecule has 0 radical (unpaired) electrons. The van der Waals surface area contributed by atoms with Crippen molar-refractivity contribution in [1.29, 1.82) is 0 Å². The second kappa shape index (κ2) is 7.42. The van der Waals surface area contributed by atoms with Gasteiger partial charge in [0.15, 0.2) is 0 Å². The van der Waals surface area contributed by atoms with E-state index < -0.39 is 4.92 Å². The molecule has 1 rings (SSSR count). The Morgan fingerprint density at radius 2 is 1.72 bits per heavy atom. The van der Waals surface area contributed by atoms with Gasteiger partial charge in [0.25, 0.3) is 5.69 Å². The van der Waals surface area contributed by atoms with Crippen LogP contribution < -0.4 is 5.73 Å². The van der Waals surface area contributed by atoms with E-state index in [2.05, 4.69) is 0 Å². The zero-order valence-corrected chi connectivity index (χ0v) is 10.3. The fourth-order valence-electron chi connectivity index (χ4n) is 1.77. The molecule has 1 amide bonds. The summed E-state index contributed by atoms with van der Waals surface area (Å²) in [5, 5.41) is 10.5. The number of benzene rings is 1. The molecule has 0 aliphatic rings. The van der Waals surface area contributed by atoms with E-state index in [4.69, 9.17) is 5.73 Å². The molecule has 5 heteroatoms. The van der Waals surface area contributed by atoms with Crippen LogP contribution in [0.3, 0.4) is 0 Å². The molecule has 0 aliphatic carbocycles. The lowest BCUT2D eigenvalue weighted by Crippen LogP contribution is -2.09. The fraction of sp³-hybridized carbons (Fsp3) is 0.462. The van der Waals surface area contributed by atoms with E-state index >= 15 is 0 Å². The Hall–Kier alpha value is -1.91. The van der Waals surface area contributed by atoms with Gasteiger partial charge in [-0.05, 0) is 24.8 Å². The van der Waals surface area contributed by atoms with Gasteiger partial charge in [-0.25, -0.2) is 0 Å². The van der Waals surface area contributed by atoms with E-state index in [1.165, 1.54) is 12.1 Å². The summed E-state index contributed by atoms with van der Waals surface area (Å²) >= 11 is 0. The first-order valence-corrected chi connectivity index (χ1v) is 6.11. The predicted octanol–water partition coefficient (Wildman–Crippen LogP) is 2.57. The zero-order chi connectivity index (χ0) is 13.4. The van der Waals surface area contributed by atoms with E-state index in [1.807, 2.05) is 0 Å². The zero-order valence-electron chi connectivity index (χ0n) is 10.3. The maximum absolute atomic E-state index is 10.5. The number of amides is 1. The van der Waals surface area contributed by atoms with Crippen LogP contribution in [0, 0.1) is 10.1 Å². The van der Waals surface area contributed by atoms with Crippen LogP contribution in [-0.4, -0.2) is 10.8 Å². The Morgan fingerprint density at radius 3 is 2.28 bits per heavy atom. The summed E-state index contributed by atoms with van der Waals surface area (Å²) in [7, 11) is 0. The largest absolute Gasteiger partial charge is 0.370 e. The van der Waals surface area contributed by atoms with E-state index in [0.29, 0.717) is 6.42 Å². The van der Waals surface area contributed by atoms with E-state index in [1.54, 1.807) is 12.1 Å². The summed E-state index contributed by atoms with van der Waals surface area (Å²) in [5.41, 5.74) is 6.27. The monoisotopic (exact) mass is 250 g/mol. The highest BCUT2D eigenvalue weighted by atomic mass is 16.6. The highest BCUT2D eigenvalue weighted by Gasteiger charge is 2.03. The number of nitrogens with zero attached hydrogens (tertiary/aromatic N) is 1. The Morgan fingerprint density at radius 1 is 1.11 bits per heavy atom. The molecule has 0 spiro atoms. The molecule has 0 aromatic heterocycles. The third kappa shape index (κ3) is 5.43. The maximum atomic E-state index is 10.5. The number of rotatable bonds is 8. The second-order valence-electron chi connectivity index (χ2n) is 4.30. The smallest absolute Gasteiger partial charge is 0.269 e. The van der Waals surface area contributed by atoms with Gasteiger partial charge in [-0.2, -0.15) is 0 Å². The molecular formula is C13H18N2O3. The molecule has 18 heavy (non-hydrogen) atoms. The Labute approximate surface area is 106 Å². The normalized spacial score (nSPS) is 10.2. The Balaban J connectivity index is 2.19. The lowest BCUT2D eigenvalue weighted by atomic mass is 10.1. The minimum atomic E-state index is -0.395. The van der Waals surface area contributed by atoms with Gasteiger partial charge in [-0.15, -0.1) is 0 Å². The van der Waals surface area contributed by atoms with Crippen molar-refractivity contribution in [2.45, 2.75) is 38.5 Å². The number of nitrogens with two attached hydrogens (primary N) is 1. The van der Waals surface area contributed by atoms with Crippen molar-refractivity contribution in [2.75, 3.05) is 0 Å². The number of aryl methyl sites for hydroxylation is 1. The van der Waals surface area contributed by atoms with Crippen molar-refractivity contribution < 1.29 is 9.72 Å². The van der Waals surface area contributed by atoms with Gasteiger partial charge in [0.1, 0.15) is 0 Å². The topological polar surface area (TPSA) is 86.2 Å². The molecule has 1 aromatic rings. The van der Waals surface area contributed by atoms with Crippen molar-refractivity contribution in [3.8, 4) is 0 Å². The summed E-state index contributed by atoms with van der Waals surface area (Å²) in [6, 6.07) is 6.65. The molecule has 0 fully saturated rings. The van der Waals surface area contributed by atoms with Crippen LogP contribution in [0.15, 0.2) is 24.3 Å². The van der Waals surface area contributed by atoms with Crippen LogP contribution in [-0.2, 0) is 11.2 Å². The molecule has 98 valence electrons. The molecule has 0 heterocycles. The number of hydrogen-bond acceptors (Lipinski definition) is 3. The fourth-order valence-corrected chi connectivity index (χ4v) is 1.77. The van der Waals surface area contributed by atoms with Gasteiger partial charge in [0, 0.05) is 18.6 Å². The first kappa shape index (κ1) is 14.2. The van der Waals surface area contributed by atoms with Crippen LogP contribution in [0.5, 0.6) is 0 Å². The van der Waals surface area contributed by atoms with E-state index in [-0.39, 0.29) is 11.6 Å². The number of unbranched alkanes of at least 4 members (excludes halogenated alkanes) is 3. The molecule has 0 saturated heterocycles. The first-order chi connectivity index (χ1) is 8.59. The van der Waals surface area contributed by atoms with Crippen molar-refractivity contribution in [3.05, 3.63) is 39.9 Å². The van der Waals surface area contributed by atoms with Gasteiger partial charge in [0.05, 0.1) is 4.92 Å². The number of nitro benzene ring substituents is 1. The molecule has 2 N–H and O–H groups in total. The lowest BCUT2D eigenvalue weighted by molar-refractivity contribution is -0.384. The number of carbonyl (C=O) groups excluding carboxylic acids is 1. The van der Waals surface area contributed by atoms with Gasteiger partial charge >= 0.3 is 0 Å². The summed E-state index contributed by atoms with van der Waals surface area (Å²) in [6.07, 6.45) is 5.28. The van der Waals surface area contributed by atoms with Crippen molar-refractivity contribution in [3.63, 3.8) is 0 Å². The maximum Gasteiger partial charge on any atom is 0.269 e. The SMILES string of the molecule is NC(=O)CCCCCCc1ccc([N+](=O)[O-])cc1. The van der Waals surface area contributed by atoms with Crippen LogP contribution in [0.25, 0.3) is 0 Å². The molecule has 0 saturated carbocycles. The predicted molar refractivity (Wildman–Crippen MR) is 69.1 cm³/mol. The third-order valence-electron chi connectivity index (χ3n) is 2.79. The molecule has 0 atom stereocenters. The molecule has 0 aliphatic heterocycles. The standard InChI is InChI=1S/C13H18N2O3/c14-13(16)6-4-2-1-3-5-11-7-9-12(10-8-11)15(17)18/h7-10H,1-6H2,(H2,14,16). The minimum absolute atomic E-state index is 0.125. The summed E-state index contributed by atoms with van der Waals surface area (Å²) < 4.78 is 0. The van der Waals surface area contributed by atoms with Crippen molar-refractivity contribution >= 4 is 11.6 Å². The Kier molecular flexibility index (Phi) is 5.84. The summed E-state index contributed by atoms with van der Waals surface area (Å²) in [4.78, 5) is 20.6. The van der Waals surface area contributed by atoms with Crippen molar-refractivity contribution in [2.24, 2.45) is 5.73 Å². The molecule has 5 nitrogen and oxygen atoms in total. The lowest BCUT2D eigenvalue weighted by Gasteiger charge is -2.01.